The number of thioether (sulfide) groups is 2. The molecular weight excluding hydrogens is 220 g/mol. The van der Waals surface area contributed by atoms with Crippen molar-refractivity contribution in [2.75, 3.05) is 11.5 Å². The van der Waals surface area contributed by atoms with Crippen molar-refractivity contribution in [1.29, 1.82) is 0 Å². The second-order valence-corrected chi connectivity index (χ2v) is 8.02. The molecule has 0 amide bonds. The summed E-state index contributed by atoms with van der Waals surface area (Å²) in [5.41, 5.74) is 0. The third-order valence-electron chi connectivity index (χ3n) is 4.51. The van der Waals surface area contributed by atoms with Crippen molar-refractivity contribution in [3.8, 4) is 0 Å². The first-order chi connectivity index (χ1) is 7.45. The zero-order valence-corrected chi connectivity index (χ0v) is 11.1. The molecular formula is C13H22S2. The Labute approximate surface area is 102 Å². The molecule has 0 aromatic rings. The van der Waals surface area contributed by atoms with E-state index in [0.717, 1.165) is 22.3 Å². The van der Waals surface area contributed by atoms with Crippen LogP contribution >= 0.6 is 23.5 Å². The first-order valence-corrected chi connectivity index (χ1v) is 8.78. The van der Waals surface area contributed by atoms with Gasteiger partial charge in [0.15, 0.2) is 0 Å². The number of hydrogen-bond donors (Lipinski definition) is 0. The Bertz CT molecular complexity index is 211. The molecule has 2 heterocycles. The Morgan fingerprint density at radius 3 is 2.40 bits per heavy atom. The van der Waals surface area contributed by atoms with Crippen molar-refractivity contribution in [3.63, 3.8) is 0 Å². The van der Waals surface area contributed by atoms with Crippen molar-refractivity contribution in [2.45, 2.75) is 55.4 Å². The minimum atomic E-state index is 1.05. The van der Waals surface area contributed by atoms with Crippen molar-refractivity contribution in [3.05, 3.63) is 0 Å². The number of hydrogen-bond acceptors (Lipinski definition) is 2. The van der Waals surface area contributed by atoms with E-state index in [4.69, 9.17) is 0 Å². The molecule has 0 aromatic heterocycles. The Balaban J connectivity index is 1.67. The number of fused-ring (bicyclic) bond motifs is 1. The molecule has 1 aliphatic carbocycles. The first-order valence-electron chi connectivity index (χ1n) is 6.68. The lowest BCUT2D eigenvalue weighted by molar-refractivity contribution is 0.290. The maximum Gasteiger partial charge on any atom is 0.0114 e. The van der Waals surface area contributed by atoms with Gasteiger partial charge in [0.2, 0.25) is 0 Å². The van der Waals surface area contributed by atoms with Gasteiger partial charge >= 0.3 is 0 Å². The zero-order valence-electron chi connectivity index (χ0n) is 9.49. The van der Waals surface area contributed by atoms with Gasteiger partial charge in [-0.2, -0.15) is 23.5 Å². The molecule has 0 nitrogen and oxygen atoms in total. The second-order valence-electron chi connectivity index (χ2n) is 5.38. The van der Waals surface area contributed by atoms with Gasteiger partial charge in [0.1, 0.15) is 0 Å². The monoisotopic (exact) mass is 242 g/mol. The summed E-state index contributed by atoms with van der Waals surface area (Å²) in [6, 6.07) is 0. The summed E-state index contributed by atoms with van der Waals surface area (Å²) in [5.74, 6) is 5.10. The van der Waals surface area contributed by atoms with Crippen LogP contribution in [0.1, 0.15) is 44.9 Å². The highest BCUT2D eigenvalue weighted by molar-refractivity contribution is 8.01. The second kappa shape index (κ2) is 4.91. The summed E-state index contributed by atoms with van der Waals surface area (Å²) in [7, 11) is 0. The lowest BCUT2D eigenvalue weighted by Crippen LogP contribution is -2.36. The van der Waals surface area contributed by atoms with Crippen molar-refractivity contribution < 1.29 is 0 Å². The van der Waals surface area contributed by atoms with Crippen LogP contribution in [0.3, 0.4) is 0 Å². The molecule has 15 heavy (non-hydrogen) atoms. The summed E-state index contributed by atoms with van der Waals surface area (Å²) in [5, 5.41) is 2.11. The summed E-state index contributed by atoms with van der Waals surface area (Å²) in [6.45, 7) is 0. The summed E-state index contributed by atoms with van der Waals surface area (Å²) < 4.78 is 0. The van der Waals surface area contributed by atoms with Crippen molar-refractivity contribution >= 4 is 23.5 Å². The highest BCUT2D eigenvalue weighted by Gasteiger charge is 2.41. The SMILES string of the molecule is C1CCC(C2SCCC3SCCC32)CC1. The maximum atomic E-state index is 2.33. The predicted molar refractivity (Wildman–Crippen MR) is 71.8 cm³/mol. The Morgan fingerprint density at radius 1 is 0.733 bits per heavy atom. The normalized spacial score (nSPS) is 42.8. The van der Waals surface area contributed by atoms with Crippen molar-refractivity contribution in [1.82, 2.24) is 0 Å². The van der Waals surface area contributed by atoms with E-state index in [2.05, 4.69) is 23.5 Å². The van der Waals surface area contributed by atoms with E-state index in [1.54, 1.807) is 12.8 Å². The van der Waals surface area contributed by atoms with Crippen LogP contribution in [0.15, 0.2) is 0 Å². The van der Waals surface area contributed by atoms with Gasteiger partial charge in [0.25, 0.3) is 0 Å². The molecule has 2 heteroatoms. The fraction of sp³-hybridized carbons (Fsp3) is 1.00. The fourth-order valence-electron chi connectivity index (χ4n) is 3.73. The third-order valence-corrected chi connectivity index (χ3v) is 7.59. The van der Waals surface area contributed by atoms with Gasteiger partial charge in [0, 0.05) is 10.5 Å². The largest absolute Gasteiger partial charge is 0.158 e. The van der Waals surface area contributed by atoms with Crippen LogP contribution in [0.5, 0.6) is 0 Å². The Hall–Kier alpha value is 0.700. The molecule has 3 rings (SSSR count). The quantitative estimate of drug-likeness (QED) is 0.676. The summed E-state index contributed by atoms with van der Waals surface area (Å²) in [4.78, 5) is 0. The van der Waals surface area contributed by atoms with Gasteiger partial charge in [-0.15, -0.1) is 0 Å². The first kappa shape index (κ1) is 10.8. The van der Waals surface area contributed by atoms with Crippen LogP contribution in [0.2, 0.25) is 0 Å². The van der Waals surface area contributed by atoms with Gasteiger partial charge in [-0.05, 0) is 49.0 Å². The van der Waals surface area contributed by atoms with E-state index in [1.165, 1.54) is 43.6 Å². The van der Waals surface area contributed by atoms with Crippen LogP contribution in [-0.4, -0.2) is 22.0 Å². The molecule has 3 unspecified atom stereocenters. The van der Waals surface area contributed by atoms with E-state index in [0.29, 0.717) is 0 Å². The Kier molecular flexibility index (Phi) is 3.55. The predicted octanol–water partition coefficient (Wildman–Crippen LogP) is 4.19. The topological polar surface area (TPSA) is 0 Å². The third kappa shape index (κ3) is 2.22. The van der Waals surface area contributed by atoms with E-state index in [1.807, 2.05) is 0 Å². The van der Waals surface area contributed by atoms with Crippen LogP contribution < -0.4 is 0 Å². The molecule has 2 aliphatic heterocycles. The smallest absolute Gasteiger partial charge is 0.0114 e. The molecule has 0 bridgehead atoms. The lowest BCUT2D eigenvalue weighted by Gasteiger charge is -2.39. The zero-order chi connectivity index (χ0) is 10.1. The van der Waals surface area contributed by atoms with Gasteiger partial charge in [-0.1, -0.05) is 19.3 Å². The number of rotatable bonds is 1. The van der Waals surface area contributed by atoms with Gasteiger partial charge < -0.3 is 0 Å². The van der Waals surface area contributed by atoms with E-state index in [-0.39, 0.29) is 0 Å². The standard InChI is InChI=1S/C13H22S2/c1-2-4-10(5-3-1)13-11-6-8-14-12(11)7-9-15-13/h10-13H,1-9H2. The van der Waals surface area contributed by atoms with Crippen LogP contribution in [0, 0.1) is 11.8 Å². The van der Waals surface area contributed by atoms with E-state index < -0.39 is 0 Å². The van der Waals surface area contributed by atoms with E-state index >= 15 is 0 Å². The van der Waals surface area contributed by atoms with Crippen LogP contribution in [-0.2, 0) is 0 Å². The van der Waals surface area contributed by atoms with Crippen LogP contribution in [0.25, 0.3) is 0 Å². The van der Waals surface area contributed by atoms with Gasteiger partial charge in [-0.3, -0.25) is 0 Å². The fourth-order valence-corrected chi connectivity index (χ4v) is 7.31. The molecule has 0 aromatic carbocycles. The Morgan fingerprint density at radius 2 is 1.53 bits per heavy atom. The maximum absolute atomic E-state index is 2.33. The molecule has 3 aliphatic rings. The molecule has 0 N–H and O–H groups in total. The molecule has 1 saturated carbocycles. The highest BCUT2D eigenvalue weighted by Crippen LogP contribution is 2.49. The van der Waals surface area contributed by atoms with Crippen LogP contribution in [0.4, 0.5) is 0 Å². The minimum absolute atomic E-state index is 1.05. The van der Waals surface area contributed by atoms with E-state index in [9.17, 15) is 0 Å². The molecule has 3 fully saturated rings. The molecule has 3 atom stereocenters. The van der Waals surface area contributed by atoms with Gasteiger partial charge in [-0.25, -0.2) is 0 Å². The average molecular weight is 242 g/mol. The summed E-state index contributed by atoms with van der Waals surface area (Å²) in [6.07, 6.45) is 10.7. The molecule has 2 saturated heterocycles. The molecule has 0 spiro atoms. The lowest BCUT2D eigenvalue weighted by atomic mass is 9.80. The van der Waals surface area contributed by atoms with Gasteiger partial charge in [0.05, 0.1) is 0 Å². The molecule has 0 radical (unpaired) electrons. The minimum Gasteiger partial charge on any atom is -0.158 e. The highest BCUT2D eigenvalue weighted by atomic mass is 32.2. The summed E-state index contributed by atoms with van der Waals surface area (Å²) >= 11 is 4.61. The molecule has 86 valence electrons. The average Bonchev–Trinajstić information content (AvgIpc) is 2.78. The van der Waals surface area contributed by atoms with Crippen molar-refractivity contribution in [2.24, 2.45) is 11.8 Å².